The van der Waals surface area contributed by atoms with Gasteiger partial charge in [0, 0.05) is 12.1 Å². The molecule has 2 aromatic carbocycles. The Balaban J connectivity index is 1.52. The minimum Gasteiger partial charge on any atom is -0.493 e. The summed E-state index contributed by atoms with van der Waals surface area (Å²) < 4.78 is 22.9. The molecule has 0 radical (unpaired) electrons. The summed E-state index contributed by atoms with van der Waals surface area (Å²) in [5.41, 5.74) is 4.55. The lowest BCUT2D eigenvalue weighted by Gasteiger charge is -2.59. The van der Waals surface area contributed by atoms with E-state index in [1.54, 1.807) is 14.2 Å². The first-order valence-corrected chi connectivity index (χ1v) is 11.8. The molecule has 1 N–H and O–H groups in total. The second-order valence-corrected chi connectivity index (χ2v) is 9.47. The van der Waals surface area contributed by atoms with E-state index in [2.05, 4.69) is 41.1 Å². The Labute approximate surface area is 199 Å². The van der Waals surface area contributed by atoms with Gasteiger partial charge in [-0.05, 0) is 66.4 Å². The first-order valence-electron chi connectivity index (χ1n) is 11.8. The van der Waals surface area contributed by atoms with Crippen molar-refractivity contribution < 1.29 is 24.1 Å². The molecule has 1 saturated heterocycles. The van der Waals surface area contributed by atoms with E-state index in [1.807, 2.05) is 6.07 Å². The molecule has 4 aliphatic rings. The fourth-order valence-electron chi connectivity index (χ4n) is 6.57. The van der Waals surface area contributed by atoms with Crippen molar-refractivity contribution in [3.8, 4) is 29.1 Å². The van der Waals surface area contributed by atoms with Crippen LogP contribution in [0.15, 0.2) is 24.3 Å². The van der Waals surface area contributed by atoms with Gasteiger partial charge in [-0.2, -0.15) is 5.26 Å². The normalized spacial score (nSPS) is 29.3. The van der Waals surface area contributed by atoms with E-state index in [0.717, 1.165) is 29.7 Å². The zero-order chi connectivity index (χ0) is 23.6. The van der Waals surface area contributed by atoms with Crippen molar-refractivity contribution in [1.82, 2.24) is 9.80 Å². The van der Waals surface area contributed by atoms with Gasteiger partial charge in [-0.1, -0.05) is 0 Å². The number of benzene rings is 2. The molecular formula is C26H29N3O5. The number of nitriles is 1. The van der Waals surface area contributed by atoms with Crippen LogP contribution in [0.4, 0.5) is 0 Å². The molecule has 0 spiro atoms. The molecule has 0 saturated carbocycles. The highest BCUT2D eigenvalue weighted by Crippen LogP contribution is 2.52. The van der Waals surface area contributed by atoms with Crippen molar-refractivity contribution in [2.45, 2.75) is 43.1 Å². The summed E-state index contributed by atoms with van der Waals surface area (Å²) in [7, 11) is 5.42. The van der Waals surface area contributed by atoms with Crippen LogP contribution in [0, 0.1) is 11.3 Å². The molecule has 2 aromatic rings. The second kappa shape index (κ2) is 8.05. The molecule has 6 rings (SSSR count). The molecule has 4 aliphatic heterocycles. The Morgan fingerprint density at radius 3 is 2.29 bits per heavy atom. The number of nitrogens with zero attached hydrogens (tertiary/aromatic N) is 3. The van der Waals surface area contributed by atoms with E-state index in [4.69, 9.17) is 18.9 Å². The zero-order valence-corrected chi connectivity index (χ0v) is 19.7. The third-order valence-corrected chi connectivity index (χ3v) is 8.05. The molecule has 8 heteroatoms. The Hall–Kier alpha value is -2.99. The number of rotatable bonds is 3. The van der Waals surface area contributed by atoms with Crippen LogP contribution in [0.2, 0.25) is 0 Å². The van der Waals surface area contributed by atoms with E-state index >= 15 is 0 Å². The van der Waals surface area contributed by atoms with E-state index in [-0.39, 0.29) is 36.8 Å². The monoisotopic (exact) mass is 463 g/mol. The van der Waals surface area contributed by atoms with E-state index in [1.165, 1.54) is 11.1 Å². The summed E-state index contributed by atoms with van der Waals surface area (Å²) in [6.07, 6.45) is 1.48. The summed E-state index contributed by atoms with van der Waals surface area (Å²) in [4.78, 5) is 4.61. The second-order valence-electron chi connectivity index (χ2n) is 9.47. The van der Waals surface area contributed by atoms with Crippen molar-refractivity contribution in [1.29, 1.82) is 5.26 Å². The van der Waals surface area contributed by atoms with Gasteiger partial charge < -0.3 is 24.1 Å². The van der Waals surface area contributed by atoms with E-state index < -0.39 is 0 Å². The Bertz CT molecular complexity index is 1180. The molecular weight excluding hydrogens is 434 g/mol. The Morgan fingerprint density at radius 2 is 1.62 bits per heavy atom. The van der Waals surface area contributed by atoms with Crippen molar-refractivity contribution in [3.05, 3.63) is 46.5 Å². The first-order chi connectivity index (χ1) is 16.6. The molecule has 34 heavy (non-hydrogen) atoms. The quantitative estimate of drug-likeness (QED) is 0.742. The SMILES string of the molecule is COc1cc2c(cc1OC)[C@@H]1C3Cc4cc5c(cc4[C@H](CO)N3[C@@H](C#N)[C@H](C2)N1C)OCCO5. The summed E-state index contributed by atoms with van der Waals surface area (Å²) in [5.74, 6) is 2.88. The number of aliphatic hydroxyl groups excluding tert-OH is 1. The largest absolute Gasteiger partial charge is 0.493 e. The molecule has 8 nitrogen and oxygen atoms in total. The van der Waals surface area contributed by atoms with Gasteiger partial charge in [0.1, 0.15) is 19.3 Å². The number of methoxy groups -OCH3 is 2. The lowest BCUT2D eigenvalue weighted by Crippen LogP contribution is -2.68. The molecule has 1 fully saturated rings. The molecule has 178 valence electrons. The van der Waals surface area contributed by atoms with Crippen LogP contribution in [-0.2, 0) is 12.8 Å². The summed E-state index contributed by atoms with van der Waals surface area (Å²) in [6.45, 7) is 0.979. The molecule has 2 bridgehead atoms. The maximum absolute atomic E-state index is 10.6. The number of ether oxygens (including phenoxy) is 4. The third kappa shape index (κ3) is 2.94. The number of aliphatic hydroxyl groups is 1. The van der Waals surface area contributed by atoms with Gasteiger partial charge in [0.25, 0.3) is 0 Å². The minimum atomic E-state index is -0.356. The maximum atomic E-state index is 10.6. The number of fused-ring (bicyclic) bond motifs is 8. The Kier molecular flexibility index (Phi) is 5.10. The highest BCUT2D eigenvalue weighted by Gasteiger charge is 2.54. The van der Waals surface area contributed by atoms with E-state index in [9.17, 15) is 10.4 Å². The minimum absolute atomic E-state index is 0.00432. The third-order valence-electron chi connectivity index (χ3n) is 8.05. The van der Waals surface area contributed by atoms with Crippen molar-refractivity contribution in [3.63, 3.8) is 0 Å². The summed E-state index contributed by atoms with van der Waals surface area (Å²) in [6, 6.07) is 10.2. The highest BCUT2D eigenvalue weighted by atomic mass is 16.6. The molecule has 0 aliphatic carbocycles. The number of hydrogen-bond donors (Lipinski definition) is 1. The molecule has 5 atom stereocenters. The predicted molar refractivity (Wildman–Crippen MR) is 124 cm³/mol. The standard InChI is InChI=1S/C26H29N3O5/c1-28-18-6-15-8-22(31-2)23(32-3)11-17(15)26(28)19-7-14-9-24-25(34-5-4-33-24)10-16(14)21(13-30)29(19)20(18)12-27/h8-11,18-21,26,30H,4-7,13H2,1-3H3/t18-,19?,20-,21-,26+/m0/s1. The van der Waals surface area contributed by atoms with Crippen LogP contribution in [0.5, 0.6) is 23.0 Å². The lowest BCUT2D eigenvalue weighted by atomic mass is 9.72. The molecule has 1 unspecified atom stereocenters. The summed E-state index contributed by atoms with van der Waals surface area (Å²) >= 11 is 0. The fraction of sp³-hybridized carbons (Fsp3) is 0.500. The number of hydrogen-bond acceptors (Lipinski definition) is 8. The van der Waals surface area contributed by atoms with Crippen LogP contribution in [-0.4, -0.2) is 74.1 Å². The summed E-state index contributed by atoms with van der Waals surface area (Å²) in [5, 5.41) is 21.0. The molecule has 0 amide bonds. The van der Waals surface area contributed by atoms with Gasteiger partial charge in [-0.15, -0.1) is 0 Å². The van der Waals surface area contributed by atoms with Crippen molar-refractivity contribution in [2.24, 2.45) is 0 Å². The molecule has 4 heterocycles. The van der Waals surface area contributed by atoms with Crippen molar-refractivity contribution in [2.75, 3.05) is 41.1 Å². The predicted octanol–water partition coefficient (Wildman–Crippen LogP) is 2.24. The van der Waals surface area contributed by atoms with Crippen LogP contribution >= 0.6 is 0 Å². The Morgan fingerprint density at radius 1 is 0.971 bits per heavy atom. The number of likely N-dealkylation sites (N-methyl/N-ethyl adjacent to an activating group) is 1. The van der Waals surface area contributed by atoms with Crippen LogP contribution in [0.25, 0.3) is 0 Å². The van der Waals surface area contributed by atoms with Gasteiger partial charge in [0.15, 0.2) is 23.0 Å². The fourth-order valence-corrected chi connectivity index (χ4v) is 6.57. The van der Waals surface area contributed by atoms with Gasteiger partial charge in [0.05, 0.1) is 39.0 Å². The molecule has 0 aromatic heterocycles. The first kappa shape index (κ1) is 21.5. The van der Waals surface area contributed by atoms with Crippen LogP contribution in [0.1, 0.15) is 34.3 Å². The average molecular weight is 464 g/mol. The lowest BCUT2D eigenvalue weighted by molar-refractivity contribution is -0.0813. The highest BCUT2D eigenvalue weighted by molar-refractivity contribution is 5.54. The van der Waals surface area contributed by atoms with Gasteiger partial charge in [-0.25, -0.2) is 0 Å². The van der Waals surface area contributed by atoms with Gasteiger partial charge in [-0.3, -0.25) is 9.80 Å². The topological polar surface area (TPSA) is 87.4 Å². The average Bonchev–Trinajstić information content (AvgIpc) is 2.86. The van der Waals surface area contributed by atoms with Crippen LogP contribution in [0.3, 0.4) is 0 Å². The zero-order valence-electron chi connectivity index (χ0n) is 19.7. The van der Waals surface area contributed by atoms with Crippen LogP contribution < -0.4 is 18.9 Å². The van der Waals surface area contributed by atoms with Gasteiger partial charge >= 0.3 is 0 Å². The van der Waals surface area contributed by atoms with Gasteiger partial charge in [0.2, 0.25) is 0 Å². The smallest absolute Gasteiger partial charge is 0.161 e. The maximum Gasteiger partial charge on any atom is 0.161 e. The van der Waals surface area contributed by atoms with Crippen molar-refractivity contribution >= 4 is 0 Å². The number of piperazine rings is 1. The van der Waals surface area contributed by atoms with E-state index in [0.29, 0.717) is 30.5 Å².